The van der Waals surface area contributed by atoms with E-state index in [4.69, 9.17) is 23.2 Å². The minimum Gasteiger partial charge on any atom is -0.508 e. The number of phenolic OH excluding ortho intramolecular Hbond substituents is 1. The van der Waals surface area contributed by atoms with Gasteiger partial charge in [-0.15, -0.1) is 0 Å². The van der Waals surface area contributed by atoms with Gasteiger partial charge in [0.25, 0.3) is 5.91 Å². The van der Waals surface area contributed by atoms with Crippen molar-refractivity contribution in [2.24, 2.45) is 0 Å². The van der Waals surface area contributed by atoms with Crippen LogP contribution in [0.3, 0.4) is 0 Å². The van der Waals surface area contributed by atoms with Gasteiger partial charge in [-0.05, 0) is 42.5 Å². The number of hydrogen-bond acceptors (Lipinski definition) is 4. The Morgan fingerprint density at radius 2 is 1.63 bits per heavy atom. The van der Waals surface area contributed by atoms with Crippen molar-refractivity contribution in [3.8, 4) is 5.75 Å². The highest BCUT2D eigenvalue weighted by atomic mass is 35.5. The molecule has 8 heteroatoms. The molecule has 2 amide bonds. The highest BCUT2D eigenvalue weighted by Gasteiger charge is 2.21. The van der Waals surface area contributed by atoms with E-state index in [1.54, 1.807) is 29.2 Å². The Morgan fingerprint density at radius 1 is 0.963 bits per heavy atom. The molecule has 0 radical (unpaired) electrons. The number of halogens is 2. The maximum Gasteiger partial charge on any atom is 0.251 e. The Morgan fingerprint density at radius 3 is 2.26 bits per heavy atom. The van der Waals surface area contributed by atoms with E-state index in [2.05, 4.69) is 10.2 Å². The summed E-state index contributed by atoms with van der Waals surface area (Å²) in [5.41, 5.74) is 1.36. The lowest BCUT2D eigenvalue weighted by Gasteiger charge is -2.36. The number of amides is 2. The number of carbonyl (C=O) groups excluding carboxylic acids is 2. The lowest BCUT2D eigenvalue weighted by molar-refractivity contribution is -0.130. The fraction of sp³-hybridized carbons (Fsp3) is 0.263. The molecule has 1 aliphatic heterocycles. The van der Waals surface area contributed by atoms with Crippen LogP contribution in [-0.4, -0.2) is 54.5 Å². The zero-order valence-corrected chi connectivity index (χ0v) is 16.0. The van der Waals surface area contributed by atoms with Crippen LogP contribution >= 0.6 is 23.2 Å². The van der Waals surface area contributed by atoms with Crippen molar-refractivity contribution in [1.82, 2.24) is 10.2 Å². The SMILES string of the molecule is O=C(NCC(=O)N1CCN(c2ccc(O)cc2)CC1)c1ccc(Cl)c(Cl)c1. The molecule has 1 saturated heterocycles. The largest absolute Gasteiger partial charge is 0.508 e. The highest BCUT2D eigenvalue weighted by molar-refractivity contribution is 6.42. The van der Waals surface area contributed by atoms with Gasteiger partial charge in [0.15, 0.2) is 0 Å². The molecule has 0 unspecified atom stereocenters. The fourth-order valence-corrected chi connectivity index (χ4v) is 3.18. The molecule has 0 spiro atoms. The maximum absolute atomic E-state index is 12.4. The van der Waals surface area contributed by atoms with Gasteiger partial charge in [-0.2, -0.15) is 0 Å². The van der Waals surface area contributed by atoms with E-state index in [9.17, 15) is 14.7 Å². The summed E-state index contributed by atoms with van der Waals surface area (Å²) in [6.45, 7) is 2.46. The van der Waals surface area contributed by atoms with Crippen LogP contribution in [0.5, 0.6) is 5.75 Å². The minimum absolute atomic E-state index is 0.0711. The summed E-state index contributed by atoms with van der Waals surface area (Å²) < 4.78 is 0. The summed E-state index contributed by atoms with van der Waals surface area (Å²) >= 11 is 11.7. The first-order valence-electron chi connectivity index (χ1n) is 8.49. The minimum atomic E-state index is -0.371. The number of benzene rings is 2. The Labute approximate surface area is 167 Å². The molecule has 0 bridgehead atoms. The van der Waals surface area contributed by atoms with Crippen molar-refractivity contribution in [2.45, 2.75) is 0 Å². The molecule has 0 saturated carbocycles. The number of nitrogens with zero attached hydrogens (tertiary/aromatic N) is 2. The average Bonchev–Trinajstić information content (AvgIpc) is 2.68. The number of rotatable bonds is 4. The quantitative estimate of drug-likeness (QED) is 0.816. The molecule has 6 nitrogen and oxygen atoms in total. The topological polar surface area (TPSA) is 72.9 Å². The molecule has 2 aromatic carbocycles. The number of aromatic hydroxyl groups is 1. The smallest absolute Gasteiger partial charge is 0.251 e. The molecule has 3 rings (SSSR count). The number of piperazine rings is 1. The van der Waals surface area contributed by atoms with E-state index in [1.165, 1.54) is 6.07 Å². The molecule has 1 aliphatic rings. The van der Waals surface area contributed by atoms with Gasteiger partial charge in [0.2, 0.25) is 5.91 Å². The molecule has 0 atom stereocenters. The number of anilines is 1. The standard InChI is InChI=1S/C19H19Cl2N3O3/c20-16-6-1-13(11-17(16)21)19(27)22-12-18(26)24-9-7-23(8-10-24)14-2-4-15(25)5-3-14/h1-6,11,25H,7-10,12H2,(H,22,27). The monoisotopic (exact) mass is 407 g/mol. The van der Waals surface area contributed by atoms with E-state index >= 15 is 0 Å². The van der Waals surface area contributed by atoms with Crippen molar-refractivity contribution >= 4 is 40.7 Å². The van der Waals surface area contributed by atoms with E-state index in [1.807, 2.05) is 12.1 Å². The van der Waals surface area contributed by atoms with Crippen molar-refractivity contribution in [3.63, 3.8) is 0 Å². The van der Waals surface area contributed by atoms with E-state index in [0.717, 1.165) is 5.69 Å². The molecule has 1 fully saturated rings. The Kier molecular flexibility index (Phi) is 6.08. The van der Waals surface area contributed by atoms with E-state index in [0.29, 0.717) is 41.8 Å². The zero-order valence-electron chi connectivity index (χ0n) is 14.5. The number of phenols is 1. The normalized spacial score (nSPS) is 14.1. The lowest BCUT2D eigenvalue weighted by Crippen LogP contribution is -2.51. The van der Waals surface area contributed by atoms with Crippen LogP contribution < -0.4 is 10.2 Å². The number of carbonyl (C=O) groups is 2. The molecule has 142 valence electrons. The van der Waals surface area contributed by atoms with Gasteiger partial charge in [0, 0.05) is 37.4 Å². The summed E-state index contributed by atoms with van der Waals surface area (Å²) in [4.78, 5) is 28.4. The van der Waals surface area contributed by atoms with Crippen LogP contribution in [0.25, 0.3) is 0 Å². The van der Waals surface area contributed by atoms with Crippen LogP contribution in [0.2, 0.25) is 10.0 Å². The second kappa shape index (κ2) is 8.50. The van der Waals surface area contributed by atoms with Crippen LogP contribution in [0.4, 0.5) is 5.69 Å². The summed E-state index contributed by atoms with van der Waals surface area (Å²) in [5, 5.41) is 12.6. The van der Waals surface area contributed by atoms with Gasteiger partial charge in [-0.25, -0.2) is 0 Å². The van der Waals surface area contributed by atoms with Gasteiger partial charge in [-0.1, -0.05) is 23.2 Å². The number of nitrogens with one attached hydrogen (secondary N) is 1. The summed E-state index contributed by atoms with van der Waals surface area (Å²) in [6, 6.07) is 11.6. The highest BCUT2D eigenvalue weighted by Crippen LogP contribution is 2.22. The summed E-state index contributed by atoms with van der Waals surface area (Å²) in [7, 11) is 0. The van der Waals surface area contributed by atoms with E-state index < -0.39 is 0 Å². The van der Waals surface area contributed by atoms with Gasteiger partial charge in [0.05, 0.1) is 16.6 Å². The van der Waals surface area contributed by atoms with E-state index in [-0.39, 0.29) is 24.1 Å². The molecule has 2 N–H and O–H groups in total. The first kappa shape index (κ1) is 19.3. The van der Waals surface area contributed by atoms with Gasteiger partial charge in [-0.3, -0.25) is 9.59 Å². The molecular formula is C19H19Cl2N3O3. The Bertz CT molecular complexity index is 835. The van der Waals surface area contributed by atoms with Crippen molar-refractivity contribution in [1.29, 1.82) is 0 Å². The molecular weight excluding hydrogens is 389 g/mol. The van der Waals surface area contributed by atoms with Crippen molar-refractivity contribution < 1.29 is 14.7 Å². The zero-order chi connectivity index (χ0) is 19.4. The second-order valence-corrected chi connectivity index (χ2v) is 7.01. The van der Waals surface area contributed by atoms with Crippen LogP contribution in [-0.2, 0) is 4.79 Å². The predicted molar refractivity (Wildman–Crippen MR) is 106 cm³/mol. The first-order chi connectivity index (χ1) is 12.9. The molecule has 0 aromatic heterocycles. The van der Waals surface area contributed by atoms with Gasteiger partial charge >= 0.3 is 0 Å². The molecule has 27 heavy (non-hydrogen) atoms. The first-order valence-corrected chi connectivity index (χ1v) is 9.24. The Hall–Kier alpha value is -2.44. The summed E-state index contributed by atoms with van der Waals surface area (Å²) in [5.74, 6) is -0.274. The Balaban J connectivity index is 1.48. The lowest BCUT2D eigenvalue weighted by atomic mass is 10.2. The van der Waals surface area contributed by atoms with Crippen molar-refractivity contribution in [3.05, 3.63) is 58.1 Å². The second-order valence-electron chi connectivity index (χ2n) is 6.20. The van der Waals surface area contributed by atoms with Crippen LogP contribution in [0, 0.1) is 0 Å². The third-order valence-corrected chi connectivity index (χ3v) is 5.17. The van der Waals surface area contributed by atoms with Crippen LogP contribution in [0.1, 0.15) is 10.4 Å². The third kappa shape index (κ3) is 4.84. The summed E-state index contributed by atoms with van der Waals surface area (Å²) in [6.07, 6.45) is 0. The fourth-order valence-electron chi connectivity index (χ4n) is 2.88. The van der Waals surface area contributed by atoms with Crippen LogP contribution in [0.15, 0.2) is 42.5 Å². The average molecular weight is 408 g/mol. The van der Waals surface area contributed by atoms with Gasteiger partial charge in [0.1, 0.15) is 5.75 Å². The molecule has 0 aliphatic carbocycles. The maximum atomic E-state index is 12.4. The van der Waals surface area contributed by atoms with Gasteiger partial charge < -0.3 is 20.2 Å². The predicted octanol–water partition coefficient (Wildman–Crippen LogP) is 2.78. The third-order valence-electron chi connectivity index (χ3n) is 4.43. The number of hydrogen-bond donors (Lipinski definition) is 2. The van der Waals surface area contributed by atoms with Crippen molar-refractivity contribution in [2.75, 3.05) is 37.6 Å². The molecule has 2 aromatic rings. The molecule has 1 heterocycles.